The Morgan fingerprint density at radius 2 is 2.45 bits per heavy atom. The highest BCUT2D eigenvalue weighted by molar-refractivity contribution is 5.80. The quantitative estimate of drug-likeness (QED) is 0.677. The van der Waals surface area contributed by atoms with E-state index >= 15 is 0 Å². The maximum atomic E-state index is 5.59. The van der Waals surface area contributed by atoms with E-state index in [1.54, 1.807) is 6.26 Å². The van der Waals surface area contributed by atoms with E-state index in [9.17, 15) is 0 Å². The molecule has 2 aliphatic rings. The molecule has 1 atom stereocenters. The third-order valence-corrected chi connectivity index (χ3v) is 4.22. The lowest BCUT2D eigenvalue weighted by atomic mass is 9.87. The molecule has 1 aromatic heterocycles. The molecule has 1 N–H and O–H groups in total. The Morgan fingerprint density at radius 1 is 1.50 bits per heavy atom. The molecular weight excluding hydrogens is 254 g/mol. The van der Waals surface area contributed by atoms with E-state index in [1.807, 2.05) is 12.1 Å². The van der Waals surface area contributed by atoms with Crippen LogP contribution in [0.4, 0.5) is 0 Å². The molecule has 1 spiro atoms. The van der Waals surface area contributed by atoms with Crippen molar-refractivity contribution < 1.29 is 9.15 Å². The lowest BCUT2D eigenvalue weighted by molar-refractivity contribution is 0.156. The van der Waals surface area contributed by atoms with Crippen LogP contribution in [0.25, 0.3) is 0 Å². The Labute approximate surface area is 120 Å². The first-order valence-corrected chi connectivity index (χ1v) is 7.45. The number of hydrogen-bond donors (Lipinski definition) is 1. The number of furan rings is 1. The van der Waals surface area contributed by atoms with Gasteiger partial charge < -0.3 is 19.4 Å². The molecule has 0 aromatic carbocycles. The van der Waals surface area contributed by atoms with Crippen LogP contribution >= 0.6 is 0 Å². The number of nitrogens with zero attached hydrogens (tertiary/aromatic N) is 2. The maximum absolute atomic E-state index is 5.59. The molecule has 20 heavy (non-hydrogen) atoms. The Bertz CT molecular complexity index is 450. The number of guanidine groups is 1. The van der Waals surface area contributed by atoms with Crippen LogP contribution in [0.3, 0.4) is 0 Å². The molecule has 110 valence electrons. The largest absolute Gasteiger partial charge is 0.467 e. The number of ether oxygens (including phenoxy) is 1. The van der Waals surface area contributed by atoms with Gasteiger partial charge in [-0.2, -0.15) is 0 Å². The number of likely N-dealkylation sites (tertiary alicyclic amines) is 1. The van der Waals surface area contributed by atoms with Gasteiger partial charge in [-0.1, -0.05) is 0 Å². The van der Waals surface area contributed by atoms with Crippen molar-refractivity contribution in [1.82, 2.24) is 10.2 Å². The van der Waals surface area contributed by atoms with Crippen molar-refractivity contribution in [2.24, 2.45) is 10.4 Å². The summed E-state index contributed by atoms with van der Waals surface area (Å²) in [5.41, 5.74) is 0.362. The highest BCUT2D eigenvalue weighted by Crippen LogP contribution is 2.38. The summed E-state index contributed by atoms with van der Waals surface area (Å²) in [6.07, 6.45) is 4.08. The molecule has 0 bridgehead atoms. The molecule has 2 aliphatic heterocycles. The summed E-state index contributed by atoms with van der Waals surface area (Å²) in [7, 11) is 0. The normalized spacial score (nSPS) is 26.6. The Kier molecular flexibility index (Phi) is 3.96. The number of hydrogen-bond acceptors (Lipinski definition) is 3. The summed E-state index contributed by atoms with van der Waals surface area (Å²) < 4.78 is 10.9. The van der Waals surface area contributed by atoms with Gasteiger partial charge in [0.25, 0.3) is 0 Å². The van der Waals surface area contributed by atoms with Crippen LogP contribution < -0.4 is 5.32 Å². The monoisotopic (exact) mass is 277 g/mol. The van der Waals surface area contributed by atoms with E-state index < -0.39 is 0 Å². The molecule has 1 aromatic rings. The summed E-state index contributed by atoms with van der Waals surface area (Å²) in [6, 6.07) is 3.86. The van der Waals surface area contributed by atoms with Crippen LogP contribution in [0.15, 0.2) is 27.8 Å². The number of nitrogens with one attached hydrogen (secondary N) is 1. The lowest BCUT2D eigenvalue weighted by Gasteiger charge is -2.24. The summed E-state index contributed by atoms with van der Waals surface area (Å²) in [5.74, 6) is 1.89. The minimum Gasteiger partial charge on any atom is -0.467 e. The molecule has 5 heteroatoms. The molecule has 2 fully saturated rings. The van der Waals surface area contributed by atoms with Crippen LogP contribution in [-0.4, -0.2) is 43.7 Å². The van der Waals surface area contributed by atoms with Gasteiger partial charge in [-0.05, 0) is 31.9 Å². The van der Waals surface area contributed by atoms with Crippen LogP contribution in [0.1, 0.15) is 25.5 Å². The molecule has 2 saturated heterocycles. The van der Waals surface area contributed by atoms with Crippen molar-refractivity contribution in [3.8, 4) is 0 Å². The first kappa shape index (κ1) is 13.5. The van der Waals surface area contributed by atoms with E-state index in [0.29, 0.717) is 12.0 Å². The van der Waals surface area contributed by atoms with Gasteiger partial charge in [0.15, 0.2) is 5.96 Å². The fourth-order valence-electron chi connectivity index (χ4n) is 3.07. The van der Waals surface area contributed by atoms with Gasteiger partial charge in [-0.3, -0.25) is 0 Å². The highest BCUT2D eigenvalue weighted by Gasteiger charge is 2.42. The standard InChI is InChI=1S/C15H23N3O2/c1-2-16-14(17-10-13-4-3-8-20-13)18-7-5-15(11-18)6-9-19-12-15/h3-4,8H,2,5-7,9-12H2,1H3,(H,16,17). The van der Waals surface area contributed by atoms with Gasteiger partial charge in [0.1, 0.15) is 12.3 Å². The molecule has 1 unspecified atom stereocenters. The summed E-state index contributed by atoms with van der Waals surface area (Å²) in [4.78, 5) is 7.05. The van der Waals surface area contributed by atoms with Gasteiger partial charge in [-0.15, -0.1) is 0 Å². The van der Waals surface area contributed by atoms with Crippen molar-refractivity contribution >= 4 is 5.96 Å². The van der Waals surface area contributed by atoms with Gasteiger partial charge in [0, 0.05) is 31.7 Å². The molecule has 3 heterocycles. The zero-order valence-corrected chi connectivity index (χ0v) is 12.1. The van der Waals surface area contributed by atoms with Crippen molar-refractivity contribution in [2.45, 2.75) is 26.3 Å². The van der Waals surface area contributed by atoms with Gasteiger partial charge >= 0.3 is 0 Å². The summed E-state index contributed by atoms with van der Waals surface area (Å²) in [6.45, 7) is 7.51. The van der Waals surface area contributed by atoms with E-state index in [4.69, 9.17) is 9.15 Å². The van der Waals surface area contributed by atoms with Gasteiger partial charge in [0.2, 0.25) is 0 Å². The predicted molar refractivity (Wildman–Crippen MR) is 77.6 cm³/mol. The molecule has 5 nitrogen and oxygen atoms in total. The van der Waals surface area contributed by atoms with Crippen LogP contribution in [0, 0.1) is 5.41 Å². The number of rotatable bonds is 3. The molecule has 0 aliphatic carbocycles. The Balaban J connectivity index is 1.66. The fraction of sp³-hybridized carbons (Fsp3) is 0.667. The predicted octanol–water partition coefficient (Wildman–Crippen LogP) is 1.86. The average molecular weight is 277 g/mol. The lowest BCUT2D eigenvalue weighted by Crippen LogP contribution is -2.41. The first-order chi connectivity index (χ1) is 9.81. The second-order valence-corrected chi connectivity index (χ2v) is 5.72. The van der Waals surface area contributed by atoms with Gasteiger partial charge in [0.05, 0.1) is 12.9 Å². The fourth-order valence-corrected chi connectivity index (χ4v) is 3.07. The first-order valence-electron chi connectivity index (χ1n) is 7.45. The summed E-state index contributed by atoms with van der Waals surface area (Å²) >= 11 is 0. The molecule has 0 saturated carbocycles. The SMILES string of the molecule is CCNC(=NCc1ccco1)N1CCC2(CCOC2)C1. The Morgan fingerprint density at radius 3 is 3.15 bits per heavy atom. The minimum absolute atomic E-state index is 0.362. The van der Waals surface area contributed by atoms with Crippen LogP contribution in [0.2, 0.25) is 0 Å². The van der Waals surface area contributed by atoms with Crippen molar-refractivity contribution in [1.29, 1.82) is 0 Å². The van der Waals surface area contributed by atoms with Crippen molar-refractivity contribution in [2.75, 3.05) is 32.8 Å². The van der Waals surface area contributed by atoms with Crippen molar-refractivity contribution in [3.05, 3.63) is 24.2 Å². The van der Waals surface area contributed by atoms with Crippen LogP contribution in [0.5, 0.6) is 0 Å². The van der Waals surface area contributed by atoms with E-state index in [0.717, 1.165) is 44.6 Å². The van der Waals surface area contributed by atoms with E-state index in [-0.39, 0.29) is 0 Å². The minimum atomic E-state index is 0.362. The molecule has 0 radical (unpaired) electrons. The zero-order valence-electron chi connectivity index (χ0n) is 12.1. The third-order valence-electron chi connectivity index (χ3n) is 4.22. The topological polar surface area (TPSA) is 50.0 Å². The highest BCUT2D eigenvalue weighted by atomic mass is 16.5. The van der Waals surface area contributed by atoms with Crippen molar-refractivity contribution in [3.63, 3.8) is 0 Å². The van der Waals surface area contributed by atoms with E-state index in [1.165, 1.54) is 12.8 Å². The molecule has 3 rings (SSSR count). The summed E-state index contributed by atoms with van der Waals surface area (Å²) in [5, 5.41) is 3.39. The third kappa shape index (κ3) is 2.82. The smallest absolute Gasteiger partial charge is 0.194 e. The zero-order chi connectivity index (χ0) is 13.8. The van der Waals surface area contributed by atoms with Gasteiger partial charge in [-0.25, -0.2) is 4.99 Å². The molecule has 0 amide bonds. The number of aliphatic imine (C=N–C) groups is 1. The average Bonchev–Trinajstić information content (AvgIpc) is 3.18. The maximum Gasteiger partial charge on any atom is 0.194 e. The second kappa shape index (κ2) is 5.87. The second-order valence-electron chi connectivity index (χ2n) is 5.72. The van der Waals surface area contributed by atoms with Crippen LogP contribution in [-0.2, 0) is 11.3 Å². The molecular formula is C15H23N3O2. The Hall–Kier alpha value is -1.49. The van der Waals surface area contributed by atoms with E-state index in [2.05, 4.69) is 22.1 Å².